The molecule has 0 spiro atoms. The van der Waals surface area contributed by atoms with Gasteiger partial charge in [-0.25, -0.2) is 4.68 Å². The topological polar surface area (TPSA) is 107 Å². The summed E-state index contributed by atoms with van der Waals surface area (Å²) in [4.78, 5) is 24.8. The number of nitrogens with zero attached hydrogens (tertiary/aromatic N) is 3. The first-order valence-corrected chi connectivity index (χ1v) is 10.9. The molecule has 0 aliphatic heterocycles. The van der Waals surface area contributed by atoms with E-state index in [0.717, 1.165) is 25.0 Å². The third kappa shape index (κ3) is 6.28. The molecule has 0 unspecified atom stereocenters. The molecule has 0 saturated heterocycles. The highest BCUT2D eigenvalue weighted by Crippen LogP contribution is 2.27. The number of hydrogen-bond donors (Lipinski definition) is 2. The van der Waals surface area contributed by atoms with Crippen LogP contribution in [-0.2, 0) is 6.61 Å². The average molecular weight is 489 g/mol. The van der Waals surface area contributed by atoms with Gasteiger partial charge in [-0.2, -0.15) is 0 Å². The summed E-state index contributed by atoms with van der Waals surface area (Å²) in [5, 5.41) is 13.6. The predicted molar refractivity (Wildman–Crippen MR) is 117 cm³/mol. The van der Waals surface area contributed by atoms with Crippen molar-refractivity contribution in [1.29, 1.82) is 0 Å². The molecule has 1 aliphatic carbocycles. The summed E-state index contributed by atoms with van der Waals surface area (Å²) in [6.45, 7) is 2.08. The van der Waals surface area contributed by atoms with Crippen LogP contribution in [0.15, 0.2) is 48.5 Å². The maximum absolute atomic E-state index is 12.7. The summed E-state index contributed by atoms with van der Waals surface area (Å²) >= 11 is 0. The van der Waals surface area contributed by atoms with Crippen LogP contribution in [0.5, 0.6) is 11.5 Å². The fourth-order valence-corrected chi connectivity index (χ4v) is 3.23. The number of rotatable bonds is 9. The standard InChI is InChI=1S/C23H22F3N5O4/c1-2-27-21(32)14-6-10-16(11-7-14)31-19(20(29-30-31)22(33)28-15-8-9-15)13-34-17-4-3-5-18(12-17)35-23(24,25)26/h3-7,10-12,15H,2,8-9,13H2,1H3,(H,27,32)(H,28,33). The number of halogens is 3. The van der Waals surface area contributed by atoms with Crippen molar-refractivity contribution >= 4 is 11.8 Å². The van der Waals surface area contributed by atoms with Crippen molar-refractivity contribution in [1.82, 2.24) is 25.6 Å². The number of benzene rings is 2. The van der Waals surface area contributed by atoms with Crippen LogP contribution >= 0.6 is 0 Å². The molecule has 4 rings (SSSR count). The number of carbonyl (C=O) groups excluding carboxylic acids is 2. The van der Waals surface area contributed by atoms with Gasteiger partial charge < -0.3 is 20.1 Å². The highest BCUT2D eigenvalue weighted by molar-refractivity contribution is 5.94. The minimum Gasteiger partial charge on any atom is -0.487 e. The quantitative estimate of drug-likeness (QED) is 0.477. The summed E-state index contributed by atoms with van der Waals surface area (Å²) in [6.07, 6.45) is -3.09. The third-order valence-corrected chi connectivity index (χ3v) is 5.02. The summed E-state index contributed by atoms with van der Waals surface area (Å²) in [7, 11) is 0. The van der Waals surface area contributed by atoms with Gasteiger partial charge in [0.1, 0.15) is 23.8 Å². The van der Waals surface area contributed by atoms with E-state index in [0.29, 0.717) is 17.8 Å². The van der Waals surface area contributed by atoms with Gasteiger partial charge in [0.25, 0.3) is 11.8 Å². The lowest BCUT2D eigenvalue weighted by Gasteiger charge is -2.12. The predicted octanol–water partition coefficient (Wildman–Crippen LogP) is 3.39. The second-order valence-corrected chi connectivity index (χ2v) is 7.76. The van der Waals surface area contributed by atoms with E-state index in [-0.39, 0.29) is 35.7 Å². The lowest BCUT2D eigenvalue weighted by Crippen LogP contribution is -2.27. The molecule has 0 atom stereocenters. The molecular weight excluding hydrogens is 467 g/mol. The zero-order chi connectivity index (χ0) is 25.0. The number of hydrogen-bond acceptors (Lipinski definition) is 6. The second-order valence-electron chi connectivity index (χ2n) is 7.76. The molecule has 1 heterocycles. The lowest BCUT2D eigenvalue weighted by molar-refractivity contribution is -0.274. The Bertz CT molecular complexity index is 1210. The Morgan fingerprint density at radius 1 is 1.09 bits per heavy atom. The largest absolute Gasteiger partial charge is 0.573 e. The van der Waals surface area contributed by atoms with Gasteiger partial charge in [-0.15, -0.1) is 18.3 Å². The van der Waals surface area contributed by atoms with E-state index >= 15 is 0 Å². The first-order chi connectivity index (χ1) is 16.7. The molecular formula is C23H22F3N5O4. The maximum Gasteiger partial charge on any atom is 0.573 e. The first kappa shape index (κ1) is 24.0. The van der Waals surface area contributed by atoms with Crippen molar-refractivity contribution in [2.75, 3.05) is 6.54 Å². The minimum atomic E-state index is -4.84. The molecule has 0 bridgehead atoms. The monoisotopic (exact) mass is 489 g/mol. The average Bonchev–Trinajstić information content (AvgIpc) is 3.52. The molecule has 2 aromatic carbocycles. The molecule has 1 aliphatic rings. The van der Waals surface area contributed by atoms with Gasteiger partial charge in [-0.1, -0.05) is 11.3 Å². The van der Waals surface area contributed by atoms with Crippen LogP contribution in [0.25, 0.3) is 5.69 Å². The SMILES string of the molecule is CCNC(=O)c1ccc(-n2nnc(C(=O)NC3CC3)c2COc2cccc(OC(F)(F)F)c2)cc1. The number of aromatic nitrogens is 3. The van der Waals surface area contributed by atoms with Crippen molar-refractivity contribution in [3.8, 4) is 17.2 Å². The summed E-state index contributed by atoms with van der Waals surface area (Å²) < 4.78 is 48.6. The fourth-order valence-electron chi connectivity index (χ4n) is 3.23. The van der Waals surface area contributed by atoms with Crippen LogP contribution < -0.4 is 20.1 Å². The van der Waals surface area contributed by atoms with Crippen molar-refractivity contribution in [3.63, 3.8) is 0 Å². The van der Waals surface area contributed by atoms with Gasteiger partial charge in [0.2, 0.25) is 0 Å². The number of ether oxygens (including phenoxy) is 2. The van der Waals surface area contributed by atoms with Crippen LogP contribution in [0.1, 0.15) is 46.3 Å². The van der Waals surface area contributed by atoms with Gasteiger partial charge in [0.15, 0.2) is 5.69 Å². The minimum absolute atomic E-state index is 0.0346. The maximum atomic E-state index is 12.7. The molecule has 1 aromatic heterocycles. The Balaban J connectivity index is 1.59. The fraction of sp³-hybridized carbons (Fsp3) is 0.304. The van der Waals surface area contributed by atoms with Gasteiger partial charge in [0, 0.05) is 24.2 Å². The normalized spacial score (nSPS) is 13.3. The number of nitrogens with one attached hydrogen (secondary N) is 2. The Labute approximate surface area is 198 Å². The van der Waals surface area contributed by atoms with E-state index in [4.69, 9.17) is 4.74 Å². The zero-order valence-corrected chi connectivity index (χ0v) is 18.6. The van der Waals surface area contributed by atoms with Gasteiger partial charge >= 0.3 is 6.36 Å². The highest BCUT2D eigenvalue weighted by Gasteiger charge is 2.31. The van der Waals surface area contributed by atoms with Crippen LogP contribution in [0.3, 0.4) is 0 Å². The number of carbonyl (C=O) groups is 2. The van der Waals surface area contributed by atoms with Crippen LogP contribution in [-0.4, -0.2) is 45.8 Å². The zero-order valence-electron chi connectivity index (χ0n) is 18.6. The summed E-state index contributed by atoms with van der Waals surface area (Å²) in [5.74, 6) is -0.994. The molecule has 1 saturated carbocycles. The van der Waals surface area contributed by atoms with E-state index in [2.05, 4.69) is 25.7 Å². The molecule has 184 valence electrons. The Morgan fingerprint density at radius 3 is 2.46 bits per heavy atom. The summed E-state index contributed by atoms with van der Waals surface area (Å²) in [6, 6.07) is 11.6. The Hall–Kier alpha value is -4.09. The molecule has 1 fully saturated rings. The van der Waals surface area contributed by atoms with E-state index in [1.807, 2.05) is 6.92 Å². The smallest absolute Gasteiger partial charge is 0.487 e. The lowest BCUT2D eigenvalue weighted by atomic mass is 10.2. The van der Waals surface area contributed by atoms with Gasteiger partial charge in [0.05, 0.1) is 5.69 Å². The van der Waals surface area contributed by atoms with Gasteiger partial charge in [-0.3, -0.25) is 9.59 Å². The van der Waals surface area contributed by atoms with Crippen LogP contribution in [0.2, 0.25) is 0 Å². The summed E-state index contributed by atoms with van der Waals surface area (Å²) in [5.41, 5.74) is 1.29. The van der Waals surface area contributed by atoms with E-state index in [1.165, 1.54) is 16.8 Å². The first-order valence-electron chi connectivity index (χ1n) is 10.9. The molecule has 2 amide bonds. The molecule has 2 N–H and O–H groups in total. The van der Waals surface area contributed by atoms with Crippen LogP contribution in [0.4, 0.5) is 13.2 Å². The number of amides is 2. The molecule has 12 heteroatoms. The van der Waals surface area contributed by atoms with Crippen molar-refractivity contribution in [2.45, 2.75) is 38.8 Å². The second kappa shape index (κ2) is 10.0. The molecule has 3 aromatic rings. The van der Waals surface area contributed by atoms with Crippen molar-refractivity contribution in [2.24, 2.45) is 0 Å². The van der Waals surface area contributed by atoms with Crippen molar-refractivity contribution < 1.29 is 32.2 Å². The Morgan fingerprint density at radius 2 is 1.80 bits per heavy atom. The molecule has 35 heavy (non-hydrogen) atoms. The van der Waals surface area contributed by atoms with E-state index in [9.17, 15) is 22.8 Å². The Kier molecular flexibility index (Phi) is 6.90. The van der Waals surface area contributed by atoms with E-state index in [1.54, 1.807) is 24.3 Å². The highest BCUT2D eigenvalue weighted by atomic mass is 19.4. The van der Waals surface area contributed by atoms with E-state index < -0.39 is 18.0 Å². The van der Waals surface area contributed by atoms with Crippen molar-refractivity contribution in [3.05, 3.63) is 65.5 Å². The molecule has 0 radical (unpaired) electrons. The molecule has 9 nitrogen and oxygen atoms in total. The number of alkyl halides is 3. The van der Waals surface area contributed by atoms with Crippen LogP contribution in [0, 0.1) is 0 Å². The van der Waals surface area contributed by atoms with Gasteiger partial charge in [-0.05, 0) is 56.2 Å². The third-order valence-electron chi connectivity index (χ3n) is 5.02.